The van der Waals surface area contributed by atoms with Crippen LogP contribution in [0.25, 0.3) is 0 Å². The van der Waals surface area contributed by atoms with E-state index in [0.717, 1.165) is 32.4 Å². The molecule has 0 aliphatic heterocycles. The predicted octanol–water partition coefficient (Wildman–Crippen LogP) is 1.53. The molecule has 5 nitrogen and oxygen atoms in total. The summed E-state index contributed by atoms with van der Waals surface area (Å²) in [6, 6.07) is 0. The van der Waals surface area contributed by atoms with E-state index in [1.165, 1.54) is 8.61 Å². The van der Waals surface area contributed by atoms with Gasteiger partial charge in [-0.05, 0) is 38.3 Å². The Bertz CT molecular complexity index is 318. The Kier molecular flexibility index (Phi) is 9.60. The molecule has 0 aromatic heterocycles. The zero-order chi connectivity index (χ0) is 14.9. The SMILES string of the molecule is CCCNCCCN(C)S(=O)(=O)N(C)CCC(C)C. The van der Waals surface area contributed by atoms with Crippen LogP contribution in [0.15, 0.2) is 0 Å². The topological polar surface area (TPSA) is 52.7 Å². The van der Waals surface area contributed by atoms with Gasteiger partial charge in [0.2, 0.25) is 0 Å². The van der Waals surface area contributed by atoms with Crippen LogP contribution in [-0.4, -0.2) is 57.3 Å². The highest BCUT2D eigenvalue weighted by molar-refractivity contribution is 7.86. The molecule has 0 aliphatic carbocycles. The van der Waals surface area contributed by atoms with Crippen molar-refractivity contribution in [3.8, 4) is 0 Å². The number of nitrogens with zero attached hydrogens (tertiary/aromatic N) is 2. The van der Waals surface area contributed by atoms with E-state index in [-0.39, 0.29) is 0 Å². The number of nitrogens with one attached hydrogen (secondary N) is 1. The second kappa shape index (κ2) is 9.69. The molecule has 0 amide bonds. The van der Waals surface area contributed by atoms with Crippen LogP contribution in [0, 0.1) is 5.92 Å². The second-order valence-electron chi connectivity index (χ2n) is 5.44. The minimum atomic E-state index is -3.29. The molecule has 6 heteroatoms. The van der Waals surface area contributed by atoms with Crippen LogP contribution < -0.4 is 5.32 Å². The Morgan fingerprint density at radius 3 is 2.16 bits per heavy atom. The van der Waals surface area contributed by atoms with Crippen LogP contribution in [0.3, 0.4) is 0 Å². The van der Waals surface area contributed by atoms with Crippen LogP contribution in [0.5, 0.6) is 0 Å². The average Bonchev–Trinajstić information content (AvgIpc) is 2.35. The summed E-state index contributed by atoms with van der Waals surface area (Å²) in [6.07, 6.45) is 2.83. The molecule has 0 aromatic carbocycles. The average molecular weight is 293 g/mol. The normalized spacial score (nSPS) is 12.8. The summed E-state index contributed by atoms with van der Waals surface area (Å²) in [7, 11) is 0.0216. The van der Waals surface area contributed by atoms with Gasteiger partial charge in [0.1, 0.15) is 0 Å². The fourth-order valence-corrected chi connectivity index (χ4v) is 2.81. The predicted molar refractivity (Wildman–Crippen MR) is 81.4 cm³/mol. The Morgan fingerprint density at radius 1 is 1.05 bits per heavy atom. The zero-order valence-corrected chi connectivity index (χ0v) is 14.0. The number of hydrogen-bond acceptors (Lipinski definition) is 3. The molecule has 1 N–H and O–H groups in total. The number of hydrogen-bond donors (Lipinski definition) is 1. The van der Waals surface area contributed by atoms with Crippen LogP contribution >= 0.6 is 0 Å². The highest BCUT2D eigenvalue weighted by Crippen LogP contribution is 2.08. The maximum Gasteiger partial charge on any atom is 0.281 e. The molecule has 0 saturated heterocycles. The van der Waals surface area contributed by atoms with Gasteiger partial charge < -0.3 is 5.32 Å². The van der Waals surface area contributed by atoms with Gasteiger partial charge in [0.25, 0.3) is 10.2 Å². The lowest BCUT2D eigenvalue weighted by Gasteiger charge is -2.25. The smallest absolute Gasteiger partial charge is 0.281 e. The third-order valence-corrected chi connectivity index (χ3v) is 5.00. The van der Waals surface area contributed by atoms with Gasteiger partial charge in [-0.1, -0.05) is 20.8 Å². The molecule has 0 radical (unpaired) electrons. The first-order chi connectivity index (χ1) is 8.82. The van der Waals surface area contributed by atoms with Gasteiger partial charge in [-0.25, -0.2) is 0 Å². The van der Waals surface area contributed by atoms with Gasteiger partial charge in [-0.2, -0.15) is 17.0 Å². The van der Waals surface area contributed by atoms with E-state index in [9.17, 15) is 8.42 Å². The summed E-state index contributed by atoms with van der Waals surface area (Å²) in [5, 5.41) is 3.28. The number of rotatable bonds is 11. The first-order valence-corrected chi connectivity index (χ1v) is 8.60. The lowest BCUT2D eigenvalue weighted by molar-refractivity contribution is 0.371. The summed E-state index contributed by atoms with van der Waals surface area (Å²) in [6.45, 7) is 9.32. The van der Waals surface area contributed by atoms with Crippen LogP contribution in [0.1, 0.15) is 40.0 Å². The molecule has 0 aromatic rings. The van der Waals surface area contributed by atoms with Crippen molar-refractivity contribution in [2.75, 3.05) is 40.3 Å². The van der Waals surface area contributed by atoms with Crippen molar-refractivity contribution >= 4 is 10.2 Å². The quantitative estimate of drug-likeness (QED) is 0.588. The largest absolute Gasteiger partial charge is 0.317 e. The Balaban J connectivity index is 4.08. The molecular formula is C13H31N3O2S. The first-order valence-electron chi connectivity index (χ1n) is 7.20. The van der Waals surface area contributed by atoms with E-state index >= 15 is 0 Å². The van der Waals surface area contributed by atoms with Gasteiger partial charge in [-0.3, -0.25) is 0 Å². The Morgan fingerprint density at radius 2 is 1.63 bits per heavy atom. The molecule has 0 rings (SSSR count). The third kappa shape index (κ3) is 7.87. The van der Waals surface area contributed by atoms with Crippen LogP contribution in [0.2, 0.25) is 0 Å². The molecule has 0 atom stereocenters. The second-order valence-corrected chi connectivity index (χ2v) is 7.58. The Hall–Kier alpha value is -0.170. The van der Waals surface area contributed by atoms with E-state index in [0.29, 0.717) is 19.0 Å². The van der Waals surface area contributed by atoms with E-state index < -0.39 is 10.2 Å². The molecule has 0 saturated carbocycles. The minimum absolute atomic E-state index is 0.515. The molecule has 0 spiro atoms. The van der Waals surface area contributed by atoms with Crippen molar-refractivity contribution in [3.63, 3.8) is 0 Å². The molecule has 19 heavy (non-hydrogen) atoms. The minimum Gasteiger partial charge on any atom is -0.317 e. The van der Waals surface area contributed by atoms with E-state index in [1.54, 1.807) is 14.1 Å². The van der Waals surface area contributed by atoms with Gasteiger partial charge in [0.05, 0.1) is 0 Å². The standard InChI is InChI=1S/C13H31N3O2S/c1-6-9-14-10-7-11-15(4)19(17,18)16(5)12-8-13(2)3/h13-14H,6-12H2,1-5H3. The molecule has 0 unspecified atom stereocenters. The lowest BCUT2D eigenvalue weighted by Crippen LogP contribution is -2.41. The van der Waals surface area contributed by atoms with E-state index in [1.807, 2.05) is 0 Å². The van der Waals surface area contributed by atoms with Crippen molar-refractivity contribution in [1.29, 1.82) is 0 Å². The van der Waals surface area contributed by atoms with Gasteiger partial charge in [0, 0.05) is 27.2 Å². The van der Waals surface area contributed by atoms with E-state index in [2.05, 4.69) is 26.1 Å². The first kappa shape index (κ1) is 18.8. The van der Waals surface area contributed by atoms with Crippen molar-refractivity contribution in [2.24, 2.45) is 5.92 Å². The van der Waals surface area contributed by atoms with Crippen molar-refractivity contribution in [1.82, 2.24) is 13.9 Å². The Labute approximate surface area is 119 Å². The van der Waals surface area contributed by atoms with Crippen molar-refractivity contribution in [2.45, 2.75) is 40.0 Å². The fourth-order valence-electron chi connectivity index (χ4n) is 1.64. The van der Waals surface area contributed by atoms with E-state index in [4.69, 9.17) is 0 Å². The summed E-state index contributed by atoms with van der Waals surface area (Å²) in [5.74, 6) is 0.515. The third-order valence-electron chi connectivity index (χ3n) is 3.06. The fraction of sp³-hybridized carbons (Fsp3) is 1.00. The molecule has 0 aliphatic rings. The monoisotopic (exact) mass is 293 g/mol. The highest BCUT2D eigenvalue weighted by atomic mass is 32.2. The zero-order valence-electron chi connectivity index (χ0n) is 13.1. The van der Waals surface area contributed by atoms with Crippen molar-refractivity contribution in [3.05, 3.63) is 0 Å². The highest BCUT2D eigenvalue weighted by Gasteiger charge is 2.22. The van der Waals surface area contributed by atoms with Gasteiger partial charge >= 0.3 is 0 Å². The summed E-state index contributed by atoms with van der Waals surface area (Å²) in [4.78, 5) is 0. The summed E-state index contributed by atoms with van der Waals surface area (Å²) in [5.41, 5.74) is 0. The molecule has 0 fully saturated rings. The van der Waals surface area contributed by atoms with Gasteiger partial charge in [-0.15, -0.1) is 0 Å². The van der Waals surface area contributed by atoms with Crippen LogP contribution in [-0.2, 0) is 10.2 Å². The van der Waals surface area contributed by atoms with Crippen molar-refractivity contribution < 1.29 is 8.42 Å². The van der Waals surface area contributed by atoms with Gasteiger partial charge in [0.15, 0.2) is 0 Å². The summed E-state index contributed by atoms with van der Waals surface area (Å²) < 4.78 is 27.3. The molecule has 116 valence electrons. The maximum absolute atomic E-state index is 12.2. The summed E-state index contributed by atoms with van der Waals surface area (Å²) >= 11 is 0. The molecule has 0 bridgehead atoms. The molecule has 0 heterocycles. The maximum atomic E-state index is 12.2. The molecular weight excluding hydrogens is 262 g/mol. The lowest BCUT2D eigenvalue weighted by atomic mass is 10.1. The van der Waals surface area contributed by atoms with Crippen LogP contribution in [0.4, 0.5) is 0 Å².